The Balaban J connectivity index is 2.09. The molecule has 1 aromatic heterocycles. The molecular weight excluding hydrogens is 260 g/mol. The highest BCUT2D eigenvalue weighted by molar-refractivity contribution is 6.03. The minimum atomic E-state index is -1.20. The van der Waals surface area contributed by atoms with Crippen molar-refractivity contribution in [3.63, 3.8) is 0 Å². The van der Waals surface area contributed by atoms with Gasteiger partial charge < -0.3 is 15.5 Å². The largest absolute Gasteiger partial charge is 0.508 e. The zero-order chi connectivity index (χ0) is 14.5. The van der Waals surface area contributed by atoms with Crippen molar-refractivity contribution < 1.29 is 19.8 Å². The first kappa shape index (κ1) is 13.5. The van der Waals surface area contributed by atoms with Crippen molar-refractivity contribution in [1.82, 2.24) is 10.3 Å². The van der Waals surface area contributed by atoms with Gasteiger partial charge in [-0.25, -0.2) is 4.79 Å². The van der Waals surface area contributed by atoms with E-state index in [9.17, 15) is 9.59 Å². The van der Waals surface area contributed by atoms with Crippen LogP contribution in [-0.2, 0) is 6.54 Å². The molecule has 0 aliphatic rings. The highest BCUT2D eigenvalue weighted by Crippen LogP contribution is 2.10. The molecule has 0 saturated heterocycles. The molecule has 2 aromatic rings. The second-order valence-corrected chi connectivity index (χ2v) is 4.05. The Bertz CT molecular complexity index is 638. The molecule has 20 heavy (non-hydrogen) atoms. The van der Waals surface area contributed by atoms with Crippen molar-refractivity contribution in [3.05, 3.63) is 59.4 Å². The number of aromatic hydroxyl groups is 1. The predicted octanol–water partition coefficient (Wildman–Crippen LogP) is 1.42. The molecule has 0 unspecified atom stereocenters. The van der Waals surface area contributed by atoms with Gasteiger partial charge in [-0.1, -0.05) is 12.1 Å². The van der Waals surface area contributed by atoms with Gasteiger partial charge in [0.1, 0.15) is 11.4 Å². The summed E-state index contributed by atoms with van der Waals surface area (Å²) in [4.78, 5) is 26.7. The number of carboxylic acid groups (broad SMARTS) is 1. The van der Waals surface area contributed by atoms with E-state index < -0.39 is 11.9 Å². The Hall–Kier alpha value is -2.89. The molecule has 0 aliphatic heterocycles. The summed E-state index contributed by atoms with van der Waals surface area (Å²) in [5, 5.41) is 20.7. The minimum Gasteiger partial charge on any atom is -0.508 e. The molecule has 6 nitrogen and oxygen atoms in total. The van der Waals surface area contributed by atoms with Crippen LogP contribution in [0.5, 0.6) is 5.75 Å². The van der Waals surface area contributed by atoms with Crippen LogP contribution in [0, 0.1) is 0 Å². The maximum absolute atomic E-state index is 11.9. The summed E-state index contributed by atoms with van der Waals surface area (Å²) in [7, 11) is 0. The summed E-state index contributed by atoms with van der Waals surface area (Å²) in [6.45, 7) is 0.217. The summed E-state index contributed by atoms with van der Waals surface area (Å²) in [5.41, 5.74) is 0.512. The van der Waals surface area contributed by atoms with Gasteiger partial charge in [-0.15, -0.1) is 0 Å². The summed E-state index contributed by atoms with van der Waals surface area (Å²) in [5.74, 6) is -1.62. The third-order valence-corrected chi connectivity index (χ3v) is 2.64. The van der Waals surface area contributed by atoms with Crippen LogP contribution >= 0.6 is 0 Å². The number of carboxylic acids is 1. The maximum atomic E-state index is 11.9. The van der Waals surface area contributed by atoms with E-state index in [1.54, 1.807) is 12.1 Å². The third kappa shape index (κ3) is 3.11. The number of rotatable bonds is 4. The fourth-order valence-corrected chi connectivity index (χ4v) is 1.64. The van der Waals surface area contributed by atoms with Crippen molar-refractivity contribution >= 4 is 11.9 Å². The quantitative estimate of drug-likeness (QED) is 0.781. The smallest absolute Gasteiger partial charge is 0.338 e. The number of hydrogen-bond acceptors (Lipinski definition) is 4. The van der Waals surface area contributed by atoms with Gasteiger partial charge in [0.25, 0.3) is 5.91 Å². The molecule has 0 bridgehead atoms. The Morgan fingerprint density at radius 1 is 1.15 bits per heavy atom. The fourth-order valence-electron chi connectivity index (χ4n) is 1.64. The van der Waals surface area contributed by atoms with Crippen LogP contribution in [0.2, 0.25) is 0 Å². The van der Waals surface area contributed by atoms with Crippen LogP contribution in [0.25, 0.3) is 0 Å². The first-order valence-electron chi connectivity index (χ1n) is 5.82. The number of phenols is 1. The predicted molar refractivity (Wildman–Crippen MR) is 70.5 cm³/mol. The van der Waals surface area contributed by atoms with E-state index in [1.165, 1.54) is 30.5 Å². The van der Waals surface area contributed by atoms with Crippen LogP contribution in [-0.4, -0.2) is 27.1 Å². The molecule has 0 spiro atoms. The highest BCUT2D eigenvalue weighted by Gasteiger charge is 2.17. The molecule has 1 aromatic carbocycles. The lowest BCUT2D eigenvalue weighted by molar-refractivity contribution is 0.0690. The molecule has 0 saturated carbocycles. The molecular formula is C14H12N2O4. The molecule has 3 N–H and O–H groups in total. The van der Waals surface area contributed by atoms with E-state index >= 15 is 0 Å². The van der Waals surface area contributed by atoms with E-state index in [0.717, 1.165) is 5.56 Å². The first-order valence-corrected chi connectivity index (χ1v) is 5.82. The number of carbonyl (C=O) groups is 2. The Kier molecular flexibility index (Phi) is 3.95. The van der Waals surface area contributed by atoms with E-state index in [1.807, 2.05) is 0 Å². The lowest BCUT2D eigenvalue weighted by atomic mass is 10.1. The normalized spacial score (nSPS) is 10.0. The SMILES string of the molecule is O=C(O)c1cccnc1C(=O)NCc1ccc(O)cc1. The van der Waals surface area contributed by atoms with E-state index in [4.69, 9.17) is 10.2 Å². The number of phenolic OH excluding ortho intramolecular Hbond substituents is 1. The topological polar surface area (TPSA) is 99.5 Å². The van der Waals surface area contributed by atoms with Crippen molar-refractivity contribution in [2.75, 3.05) is 0 Å². The van der Waals surface area contributed by atoms with Gasteiger partial charge in [0.15, 0.2) is 0 Å². The van der Waals surface area contributed by atoms with Gasteiger partial charge in [-0.05, 0) is 29.8 Å². The number of aromatic nitrogens is 1. The van der Waals surface area contributed by atoms with Crippen LogP contribution < -0.4 is 5.32 Å². The number of aromatic carboxylic acids is 1. The number of benzene rings is 1. The van der Waals surface area contributed by atoms with E-state index in [2.05, 4.69) is 10.3 Å². The Morgan fingerprint density at radius 2 is 1.85 bits per heavy atom. The van der Waals surface area contributed by atoms with Gasteiger partial charge in [0.05, 0.1) is 5.56 Å². The number of amides is 1. The van der Waals surface area contributed by atoms with Crippen LogP contribution in [0.15, 0.2) is 42.6 Å². The molecule has 6 heteroatoms. The highest BCUT2D eigenvalue weighted by atomic mass is 16.4. The molecule has 0 fully saturated rings. The fraction of sp³-hybridized carbons (Fsp3) is 0.0714. The molecule has 1 heterocycles. The second-order valence-electron chi connectivity index (χ2n) is 4.05. The minimum absolute atomic E-state index is 0.126. The van der Waals surface area contributed by atoms with Gasteiger partial charge in [0.2, 0.25) is 0 Å². The lowest BCUT2D eigenvalue weighted by Crippen LogP contribution is -2.26. The van der Waals surface area contributed by atoms with Crippen LogP contribution in [0.4, 0.5) is 0 Å². The van der Waals surface area contributed by atoms with E-state index in [0.29, 0.717) is 0 Å². The molecule has 0 atom stereocenters. The molecule has 2 rings (SSSR count). The zero-order valence-corrected chi connectivity index (χ0v) is 10.4. The van der Waals surface area contributed by atoms with E-state index in [-0.39, 0.29) is 23.6 Å². The van der Waals surface area contributed by atoms with Gasteiger partial charge in [-0.2, -0.15) is 0 Å². The van der Waals surface area contributed by atoms with Gasteiger partial charge in [0, 0.05) is 12.7 Å². The van der Waals surface area contributed by atoms with Gasteiger partial charge in [-0.3, -0.25) is 9.78 Å². The number of nitrogens with zero attached hydrogens (tertiary/aromatic N) is 1. The average Bonchev–Trinajstić information content (AvgIpc) is 2.46. The first-order chi connectivity index (χ1) is 9.58. The molecule has 1 amide bonds. The van der Waals surface area contributed by atoms with Crippen LogP contribution in [0.1, 0.15) is 26.4 Å². The molecule has 0 aliphatic carbocycles. The molecule has 102 valence electrons. The van der Waals surface area contributed by atoms with Gasteiger partial charge >= 0.3 is 5.97 Å². The van der Waals surface area contributed by atoms with Crippen LogP contribution in [0.3, 0.4) is 0 Å². The maximum Gasteiger partial charge on any atom is 0.338 e. The van der Waals surface area contributed by atoms with Crippen molar-refractivity contribution in [3.8, 4) is 5.75 Å². The Labute approximate surface area is 114 Å². The number of pyridine rings is 1. The summed E-state index contributed by atoms with van der Waals surface area (Å²) >= 11 is 0. The average molecular weight is 272 g/mol. The number of carbonyl (C=O) groups excluding carboxylic acids is 1. The third-order valence-electron chi connectivity index (χ3n) is 2.64. The summed E-state index contributed by atoms with van der Waals surface area (Å²) < 4.78 is 0. The Morgan fingerprint density at radius 3 is 2.50 bits per heavy atom. The molecule has 0 radical (unpaired) electrons. The monoisotopic (exact) mass is 272 g/mol. The second kappa shape index (κ2) is 5.83. The number of hydrogen-bond donors (Lipinski definition) is 3. The summed E-state index contributed by atoms with van der Waals surface area (Å²) in [6, 6.07) is 9.11. The van der Waals surface area contributed by atoms with Crippen molar-refractivity contribution in [1.29, 1.82) is 0 Å². The lowest BCUT2D eigenvalue weighted by Gasteiger charge is -2.07. The van der Waals surface area contributed by atoms with Crippen molar-refractivity contribution in [2.45, 2.75) is 6.54 Å². The number of nitrogens with one attached hydrogen (secondary N) is 1. The standard InChI is InChI=1S/C14H12N2O4/c17-10-5-3-9(4-6-10)8-16-13(18)12-11(14(19)20)2-1-7-15-12/h1-7,17H,8H2,(H,16,18)(H,19,20). The summed E-state index contributed by atoms with van der Waals surface area (Å²) in [6.07, 6.45) is 1.36. The van der Waals surface area contributed by atoms with Crippen molar-refractivity contribution in [2.24, 2.45) is 0 Å². The zero-order valence-electron chi connectivity index (χ0n) is 10.4.